The predicted molar refractivity (Wildman–Crippen MR) is 66.6 cm³/mol. The number of nitrogens with one attached hydrogen (secondary N) is 1. The van der Waals surface area contributed by atoms with Crippen LogP contribution >= 0.6 is 11.8 Å². The molecule has 17 heavy (non-hydrogen) atoms. The van der Waals surface area contributed by atoms with E-state index in [2.05, 4.69) is 15.0 Å². The van der Waals surface area contributed by atoms with E-state index in [0.717, 1.165) is 16.3 Å². The van der Waals surface area contributed by atoms with Gasteiger partial charge >= 0.3 is 0 Å². The Morgan fingerprint density at radius 2 is 2.35 bits per heavy atom. The molecule has 0 spiro atoms. The minimum Gasteiger partial charge on any atom is -0.440 e. The van der Waals surface area contributed by atoms with Crippen molar-refractivity contribution in [2.45, 2.75) is 10.9 Å². The first-order valence-corrected chi connectivity index (χ1v) is 6.07. The molecule has 6 heteroatoms. The van der Waals surface area contributed by atoms with Crippen LogP contribution in [0.4, 0.5) is 5.69 Å². The van der Waals surface area contributed by atoms with Gasteiger partial charge in [0.25, 0.3) is 0 Å². The summed E-state index contributed by atoms with van der Waals surface area (Å²) in [6.45, 7) is 0. The summed E-state index contributed by atoms with van der Waals surface area (Å²) >= 11 is 1.55. The van der Waals surface area contributed by atoms with Crippen molar-refractivity contribution in [3.05, 3.63) is 36.5 Å². The van der Waals surface area contributed by atoms with E-state index in [-0.39, 0.29) is 0 Å². The van der Waals surface area contributed by atoms with Crippen LogP contribution < -0.4 is 5.73 Å². The second-order valence-corrected chi connectivity index (χ2v) is 4.48. The second kappa shape index (κ2) is 4.14. The lowest BCUT2D eigenvalue weighted by Gasteiger charge is -1.91. The molecule has 0 radical (unpaired) electrons. The minimum absolute atomic E-state index is 0.641. The van der Waals surface area contributed by atoms with Crippen molar-refractivity contribution in [1.82, 2.24) is 15.0 Å². The molecule has 1 aromatic carbocycles. The summed E-state index contributed by atoms with van der Waals surface area (Å²) in [5.74, 6) is 1.31. The lowest BCUT2D eigenvalue weighted by atomic mass is 10.3. The maximum atomic E-state index is 5.68. The van der Waals surface area contributed by atoms with Crippen LogP contribution in [0, 0.1) is 0 Å². The van der Waals surface area contributed by atoms with Gasteiger partial charge < -0.3 is 15.1 Å². The molecule has 3 N–H and O–H groups in total. The second-order valence-electron chi connectivity index (χ2n) is 3.52. The molecule has 0 saturated carbocycles. The highest BCUT2D eigenvalue weighted by Crippen LogP contribution is 2.23. The van der Waals surface area contributed by atoms with Crippen molar-refractivity contribution in [3.8, 4) is 0 Å². The number of imidazole rings is 1. The molecule has 0 amide bonds. The number of oxazole rings is 1. The van der Waals surface area contributed by atoms with Crippen LogP contribution in [0.2, 0.25) is 0 Å². The Hall–Kier alpha value is -1.95. The summed E-state index contributed by atoms with van der Waals surface area (Å²) in [5.41, 5.74) is 7.91. The van der Waals surface area contributed by atoms with E-state index in [1.807, 2.05) is 12.1 Å². The summed E-state index contributed by atoms with van der Waals surface area (Å²) in [7, 11) is 0. The molecule has 0 aliphatic heterocycles. The van der Waals surface area contributed by atoms with Crippen LogP contribution in [0.1, 0.15) is 5.89 Å². The Morgan fingerprint density at radius 1 is 1.41 bits per heavy atom. The van der Waals surface area contributed by atoms with Crippen LogP contribution in [-0.2, 0) is 5.75 Å². The summed E-state index contributed by atoms with van der Waals surface area (Å²) in [5, 5.41) is 0.853. The van der Waals surface area contributed by atoms with E-state index in [1.54, 1.807) is 30.2 Å². The predicted octanol–water partition coefficient (Wildman–Crippen LogP) is 2.43. The van der Waals surface area contributed by atoms with Gasteiger partial charge in [0.2, 0.25) is 5.89 Å². The van der Waals surface area contributed by atoms with Crippen molar-refractivity contribution in [2.75, 3.05) is 5.73 Å². The Labute approximate surface area is 101 Å². The average molecular weight is 246 g/mol. The van der Waals surface area contributed by atoms with E-state index < -0.39 is 0 Å². The quantitative estimate of drug-likeness (QED) is 0.548. The van der Waals surface area contributed by atoms with Crippen LogP contribution in [0.25, 0.3) is 11.1 Å². The molecule has 3 rings (SSSR count). The topological polar surface area (TPSA) is 80.7 Å². The molecule has 0 fully saturated rings. The number of rotatable bonds is 3. The number of thioether (sulfide) groups is 1. The number of nitrogens with zero attached hydrogens (tertiary/aromatic N) is 2. The fraction of sp³-hybridized carbons (Fsp3) is 0.0909. The first-order valence-electron chi connectivity index (χ1n) is 5.08. The third-order valence-corrected chi connectivity index (χ3v) is 3.15. The number of nitrogen functional groups attached to an aromatic ring is 1. The Morgan fingerprint density at radius 3 is 3.18 bits per heavy atom. The number of aromatic nitrogens is 3. The SMILES string of the molecule is Nc1ccc2nc(CSc3ncc[nH]3)oc2c1. The number of benzene rings is 1. The summed E-state index contributed by atoms with van der Waals surface area (Å²) in [6.07, 6.45) is 3.50. The van der Waals surface area contributed by atoms with Crippen LogP contribution in [0.5, 0.6) is 0 Å². The lowest BCUT2D eigenvalue weighted by Crippen LogP contribution is -1.82. The number of nitrogens with two attached hydrogens (primary N) is 1. The third kappa shape index (κ3) is 2.12. The van der Waals surface area contributed by atoms with Gasteiger partial charge in [0.1, 0.15) is 5.52 Å². The fourth-order valence-electron chi connectivity index (χ4n) is 1.51. The summed E-state index contributed by atoms with van der Waals surface area (Å²) < 4.78 is 5.59. The molecule has 0 aliphatic rings. The first-order chi connectivity index (χ1) is 8.31. The van der Waals surface area contributed by atoms with E-state index in [0.29, 0.717) is 17.3 Å². The van der Waals surface area contributed by atoms with Gasteiger partial charge in [0, 0.05) is 24.1 Å². The monoisotopic (exact) mass is 246 g/mol. The number of fused-ring (bicyclic) bond motifs is 1. The number of anilines is 1. The molecular weight excluding hydrogens is 236 g/mol. The van der Waals surface area contributed by atoms with Gasteiger partial charge in [-0.05, 0) is 12.1 Å². The molecular formula is C11H10N4OS. The molecule has 0 bridgehead atoms. The summed E-state index contributed by atoms with van der Waals surface area (Å²) in [6, 6.07) is 5.45. The Balaban J connectivity index is 1.81. The van der Waals surface area contributed by atoms with Crippen molar-refractivity contribution in [1.29, 1.82) is 0 Å². The van der Waals surface area contributed by atoms with Crippen molar-refractivity contribution < 1.29 is 4.42 Å². The largest absolute Gasteiger partial charge is 0.440 e. The Bertz CT molecular complexity index is 632. The minimum atomic E-state index is 0.641. The average Bonchev–Trinajstić information content (AvgIpc) is 2.94. The normalized spacial score (nSPS) is 11.1. The Kier molecular flexibility index (Phi) is 2.49. The van der Waals surface area contributed by atoms with Crippen LogP contribution in [0.3, 0.4) is 0 Å². The van der Waals surface area contributed by atoms with E-state index >= 15 is 0 Å². The number of aromatic amines is 1. The van der Waals surface area contributed by atoms with E-state index in [1.165, 1.54) is 0 Å². The summed E-state index contributed by atoms with van der Waals surface area (Å²) in [4.78, 5) is 11.5. The van der Waals surface area contributed by atoms with Crippen molar-refractivity contribution >= 4 is 28.5 Å². The molecule has 3 aromatic rings. The first kappa shape index (κ1) is 10.2. The molecule has 5 nitrogen and oxygen atoms in total. The van der Waals surface area contributed by atoms with Crippen molar-refractivity contribution in [2.24, 2.45) is 0 Å². The maximum Gasteiger partial charge on any atom is 0.205 e. The molecule has 2 heterocycles. The standard InChI is InChI=1S/C11H10N4OS/c12-7-1-2-8-9(5-7)16-10(15-8)6-17-11-13-3-4-14-11/h1-5H,6,12H2,(H,13,14). The number of H-pyrrole nitrogens is 1. The molecule has 86 valence electrons. The highest BCUT2D eigenvalue weighted by atomic mass is 32.2. The van der Waals surface area contributed by atoms with Gasteiger partial charge in [-0.15, -0.1) is 0 Å². The number of hydrogen-bond donors (Lipinski definition) is 2. The molecule has 0 saturated heterocycles. The van der Waals surface area contributed by atoms with Crippen molar-refractivity contribution in [3.63, 3.8) is 0 Å². The lowest BCUT2D eigenvalue weighted by molar-refractivity contribution is 0.556. The highest BCUT2D eigenvalue weighted by molar-refractivity contribution is 7.98. The number of hydrogen-bond acceptors (Lipinski definition) is 5. The van der Waals surface area contributed by atoms with Crippen LogP contribution in [0.15, 0.2) is 40.2 Å². The zero-order chi connectivity index (χ0) is 11.7. The zero-order valence-electron chi connectivity index (χ0n) is 8.88. The van der Waals surface area contributed by atoms with E-state index in [4.69, 9.17) is 10.2 Å². The van der Waals surface area contributed by atoms with Gasteiger partial charge in [-0.3, -0.25) is 0 Å². The van der Waals surface area contributed by atoms with E-state index in [9.17, 15) is 0 Å². The molecule has 0 atom stereocenters. The van der Waals surface area contributed by atoms with Gasteiger partial charge in [-0.25, -0.2) is 9.97 Å². The van der Waals surface area contributed by atoms with Crippen LogP contribution in [-0.4, -0.2) is 15.0 Å². The fourth-order valence-corrected chi connectivity index (χ4v) is 2.18. The molecule has 0 unspecified atom stereocenters. The van der Waals surface area contributed by atoms with Gasteiger partial charge in [0.05, 0.1) is 5.75 Å². The third-order valence-electron chi connectivity index (χ3n) is 2.26. The van der Waals surface area contributed by atoms with Gasteiger partial charge in [-0.1, -0.05) is 11.8 Å². The highest BCUT2D eigenvalue weighted by Gasteiger charge is 2.07. The molecule has 2 aromatic heterocycles. The van der Waals surface area contributed by atoms with Gasteiger partial charge in [-0.2, -0.15) is 0 Å². The maximum absolute atomic E-state index is 5.68. The zero-order valence-corrected chi connectivity index (χ0v) is 9.70. The smallest absolute Gasteiger partial charge is 0.205 e. The molecule has 0 aliphatic carbocycles. The van der Waals surface area contributed by atoms with Gasteiger partial charge in [0.15, 0.2) is 10.7 Å².